The van der Waals surface area contributed by atoms with Crippen LogP contribution in [-0.2, 0) is 16.0 Å². The molecule has 0 radical (unpaired) electrons. The maximum atomic E-state index is 6.13. The lowest BCUT2D eigenvalue weighted by molar-refractivity contribution is -0.0721. The molecule has 0 amide bonds. The van der Waals surface area contributed by atoms with Crippen molar-refractivity contribution in [2.45, 2.75) is 57.8 Å². The fourth-order valence-corrected chi connectivity index (χ4v) is 3.66. The molecule has 2 saturated heterocycles. The molecule has 2 fully saturated rings. The summed E-state index contributed by atoms with van der Waals surface area (Å²) in [6, 6.07) is 5.77. The molecule has 0 aliphatic carbocycles. The van der Waals surface area contributed by atoms with Crippen molar-refractivity contribution in [2.24, 2.45) is 4.99 Å². The summed E-state index contributed by atoms with van der Waals surface area (Å²) >= 11 is 0. The van der Waals surface area contributed by atoms with Crippen LogP contribution in [0.25, 0.3) is 0 Å². The van der Waals surface area contributed by atoms with Crippen LogP contribution in [0.5, 0.6) is 5.88 Å². The van der Waals surface area contributed by atoms with Gasteiger partial charge in [0.2, 0.25) is 5.88 Å². The number of rotatable bonds is 7. The zero-order valence-electron chi connectivity index (χ0n) is 17.6. The van der Waals surface area contributed by atoms with Crippen molar-refractivity contribution in [1.29, 1.82) is 0 Å². The number of aromatic nitrogens is 1. The van der Waals surface area contributed by atoms with E-state index < -0.39 is 0 Å². The van der Waals surface area contributed by atoms with Gasteiger partial charge in [-0.25, -0.2) is 9.98 Å². The number of hydrogen-bond donors (Lipinski definition) is 1. The Morgan fingerprint density at radius 3 is 2.79 bits per heavy atom. The van der Waals surface area contributed by atoms with Gasteiger partial charge in [-0.05, 0) is 45.1 Å². The smallest absolute Gasteiger partial charge is 0.213 e. The third-order valence-electron chi connectivity index (χ3n) is 5.25. The van der Waals surface area contributed by atoms with Crippen molar-refractivity contribution in [1.82, 2.24) is 15.2 Å². The Balaban J connectivity index is 0.00000300. The summed E-state index contributed by atoms with van der Waals surface area (Å²) in [5, 5.41) is 3.41. The van der Waals surface area contributed by atoms with E-state index in [1.807, 2.05) is 18.2 Å². The third-order valence-corrected chi connectivity index (χ3v) is 5.25. The van der Waals surface area contributed by atoms with Crippen molar-refractivity contribution in [3.63, 3.8) is 0 Å². The van der Waals surface area contributed by atoms with Crippen LogP contribution in [0.4, 0.5) is 0 Å². The van der Waals surface area contributed by atoms with E-state index in [9.17, 15) is 0 Å². The number of pyridine rings is 1. The molecule has 3 heterocycles. The Kier molecular flexibility index (Phi) is 11.0. The molecular formula is C21H35IN4O3. The Morgan fingerprint density at radius 1 is 1.28 bits per heavy atom. The molecule has 0 aromatic carbocycles. The van der Waals surface area contributed by atoms with Crippen LogP contribution < -0.4 is 10.1 Å². The molecular weight excluding hydrogens is 483 g/mol. The lowest BCUT2D eigenvalue weighted by atomic mass is 10.1. The highest BCUT2D eigenvalue weighted by Crippen LogP contribution is 2.18. The number of guanidine groups is 1. The summed E-state index contributed by atoms with van der Waals surface area (Å²) in [6.07, 6.45) is 6.24. The van der Waals surface area contributed by atoms with E-state index in [-0.39, 0.29) is 24.0 Å². The molecule has 2 aliphatic heterocycles. The molecule has 0 bridgehead atoms. The topological polar surface area (TPSA) is 68.2 Å². The SMILES string of the molecule is CCNC(=NCc1cccc(OC)n1)N1CCC(OCC2CCCCO2)CC1.I. The van der Waals surface area contributed by atoms with E-state index in [4.69, 9.17) is 19.2 Å². The quantitative estimate of drug-likeness (QED) is 0.340. The van der Waals surface area contributed by atoms with Crippen LogP contribution in [0.1, 0.15) is 44.7 Å². The first-order chi connectivity index (χ1) is 13.8. The monoisotopic (exact) mass is 518 g/mol. The second kappa shape index (κ2) is 13.2. The van der Waals surface area contributed by atoms with Crippen molar-refractivity contribution >= 4 is 29.9 Å². The second-order valence-electron chi connectivity index (χ2n) is 7.35. The maximum absolute atomic E-state index is 6.13. The highest BCUT2D eigenvalue weighted by molar-refractivity contribution is 14.0. The lowest BCUT2D eigenvalue weighted by Gasteiger charge is -2.35. The van der Waals surface area contributed by atoms with Gasteiger partial charge in [0.15, 0.2) is 5.96 Å². The lowest BCUT2D eigenvalue weighted by Crippen LogP contribution is -2.47. The number of piperidine rings is 1. The van der Waals surface area contributed by atoms with E-state index >= 15 is 0 Å². The van der Waals surface area contributed by atoms with Crippen molar-refractivity contribution in [3.8, 4) is 5.88 Å². The van der Waals surface area contributed by atoms with Gasteiger partial charge in [0.1, 0.15) is 0 Å². The molecule has 1 atom stereocenters. The molecule has 3 rings (SSSR count). The van der Waals surface area contributed by atoms with Crippen LogP contribution >= 0.6 is 24.0 Å². The van der Waals surface area contributed by atoms with Gasteiger partial charge in [0.25, 0.3) is 0 Å². The van der Waals surface area contributed by atoms with Crippen LogP contribution in [0.15, 0.2) is 23.2 Å². The van der Waals surface area contributed by atoms with Gasteiger partial charge in [-0.3, -0.25) is 0 Å². The van der Waals surface area contributed by atoms with Gasteiger partial charge in [-0.1, -0.05) is 6.07 Å². The first-order valence-corrected chi connectivity index (χ1v) is 10.5. The molecule has 1 unspecified atom stereocenters. The zero-order chi connectivity index (χ0) is 19.6. The van der Waals surface area contributed by atoms with Crippen LogP contribution in [0.2, 0.25) is 0 Å². The van der Waals surface area contributed by atoms with E-state index in [2.05, 4.69) is 22.1 Å². The number of halogens is 1. The number of ether oxygens (including phenoxy) is 3. The van der Waals surface area contributed by atoms with Gasteiger partial charge in [-0.2, -0.15) is 0 Å². The van der Waals surface area contributed by atoms with E-state index in [1.54, 1.807) is 7.11 Å². The molecule has 1 N–H and O–H groups in total. The average Bonchev–Trinajstić information content (AvgIpc) is 2.76. The molecule has 164 valence electrons. The van der Waals surface area contributed by atoms with Gasteiger partial charge in [0, 0.05) is 32.3 Å². The van der Waals surface area contributed by atoms with Crippen LogP contribution in [-0.4, -0.2) is 68.0 Å². The normalized spacial score (nSPS) is 20.8. The molecule has 8 heteroatoms. The van der Waals surface area contributed by atoms with E-state index in [0.717, 1.165) is 63.8 Å². The molecule has 2 aliphatic rings. The summed E-state index contributed by atoms with van der Waals surface area (Å²) in [7, 11) is 1.63. The number of likely N-dealkylation sites (tertiary alicyclic amines) is 1. The zero-order valence-corrected chi connectivity index (χ0v) is 20.0. The Labute approximate surface area is 191 Å². The second-order valence-corrected chi connectivity index (χ2v) is 7.35. The number of aliphatic imine (C=N–C) groups is 1. The summed E-state index contributed by atoms with van der Waals surface area (Å²) in [4.78, 5) is 11.5. The Morgan fingerprint density at radius 2 is 2.10 bits per heavy atom. The number of methoxy groups -OCH3 is 1. The Hall–Kier alpha value is -1.13. The third kappa shape index (κ3) is 7.90. The standard InChI is InChI=1S/C21H34N4O3.HI/c1-3-22-21(23-15-17-7-6-9-20(24-17)26-2)25-12-10-18(11-13-25)28-16-19-8-4-5-14-27-19;/h6-7,9,18-19H,3-5,8,10-16H2,1-2H3,(H,22,23);1H. The van der Waals surface area contributed by atoms with Crippen LogP contribution in [0.3, 0.4) is 0 Å². The van der Waals surface area contributed by atoms with Gasteiger partial charge >= 0.3 is 0 Å². The largest absolute Gasteiger partial charge is 0.481 e. The van der Waals surface area contributed by atoms with Crippen molar-refractivity contribution in [2.75, 3.05) is 40.0 Å². The van der Waals surface area contributed by atoms with Crippen molar-refractivity contribution < 1.29 is 14.2 Å². The first kappa shape index (κ1) is 24.1. The number of hydrogen-bond acceptors (Lipinski definition) is 5. The molecule has 29 heavy (non-hydrogen) atoms. The Bertz CT molecular complexity index is 618. The van der Waals surface area contributed by atoms with Gasteiger partial charge < -0.3 is 24.4 Å². The molecule has 0 saturated carbocycles. The average molecular weight is 518 g/mol. The molecule has 1 aromatic heterocycles. The summed E-state index contributed by atoms with van der Waals surface area (Å²) < 4.78 is 17.1. The summed E-state index contributed by atoms with van der Waals surface area (Å²) in [5.41, 5.74) is 0.903. The number of nitrogens with one attached hydrogen (secondary N) is 1. The highest BCUT2D eigenvalue weighted by Gasteiger charge is 2.23. The van der Waals surface area contributed by atoms with E-state index in [0.29, 0.717) is 24.6 Å². The highest BCUT2D eigenvalue weighted by atomic mass is 127. The summed E-state index contributed by atoms with van der Waals surface area (Å²) in [6.45, 7) is 7.01. The molecule has 1 aromatic rings. The minimum atomic E-state index is 0. The molecule has 0 spiro atoms. The first-order valence-electron chi connectivity index (χ1n) is 10.5. The number of nitrogens with zero attached hydrogens (tertiary/aromatic N) is 3. The molecule has 7 nitrogen and oxygen atoms in total. The minimum absolute atomic E-state index is 0. The maximum Gasteiger partial charge on any atom is 0.213 e. The predicted molar refractivity (Wildman–Crippen MR) is 125 cm³/mol. The van der Waals surface area contributed by atoms with Gasteiger partial charge in [-0.15, -0.1) is 24.0 Å². The fraction of sp³-hybridized carbons (Fsp3) is 0.714. The van der Waals surface area contributed by atoms with Crippen LogP contribution in [0, 0.1) is 0 Å². The summed E-state index contributed by atoms with van der Waals surface area (Å²) in [5.74, 6) is 1.57. The van der Waals surface area contributed by atoms with E-state index in [1.165, 1.54) is 12.8 Å². The predicted octanol–water partition coefficient (Wildman–Crippen LogP) is 3.22. The van der Waals surface area contributed by atoms with Gasteiger partial charge in [0.05, 0.1) is 38.2 Å². The minimum Gasteiger partial charge on any atom is -0.481 e. The fourth-order valence-electron chi connectivity index (χ4n) is 3.66. The van der Waals surface area contributed by atoms with Crippen molar-refractivity contribution in [3.05, 3.63) is 23.9 Å².